The van der Waals surface area contributed by atoms with Crippen LogP contribution in [0.1, 0.15) is 5.56 Å². The second-order valence-corrected chi connectivity index (χ2v) is 6.25. The lowest BCUT2D eigenvalue weighted by Gasteiger charge is -2.32. The maximum absolute atomic E-state index is 12.0. The number of carbonyl (C=O) groups is 1. The van der Waals surface area contributed by atoms with Crippen molar-refractivity contribution in [3.63, 3.8) is 0 Å². The Morgan fingerprint density at radius 3 is 3.23 bits per heavy atom. The van der Waals surface area contributed by atoms with E-state index in [0.717, 1.165) is 18.7 Å². The molecule has 0 radical (unpaired) electrons. The molecule has 2 aromatic heterocycles. The molecule has 0 aromatic carbocycles. The van der Waals surface area contributed by atoms with Crippen molar-refractivity contribution in [2.45, 2.75) is 19.6 Å². The Morgan fingerprint density at radius 2 is 2.50 bits per heavy atom. The van der Waals surface area contributed by atoms with Gasteiger partial charge in [0, 0.05) is 30.9 Å². The van der Waals surface area contributed by atoms with Crippen LogP contribution in [0, 0.1) is 6.92 Å². The highest BCUT2D eigenvalue weighted by Crippen LogP contribution is 2.11. The van der Waals surface area contributed by atoms with E-state index in [1.54, 1.807) is 6.20 Å². The van der Waals surface area contributed by atoms with Crippen LogP contribution < -0.4 is 5.32 Å². The lowest BCUT2D eigenvalue weighted by Crippen LogP contribution is -2.47. The Balaban J connectivity index is 1.48. The first-order valence-electron chi connectivity index (χ1n) is 7.21. The molecule has 1 fully saturated rings. The van der Waals surface area contributed by atoms with E-state index in [0.29, 0.717) is 24.8 Å². The minimum Gasteiger partial charge on any atom is -0.374 e. The molecule has 3 heterocycles. The summed E-state index contributed by atoms with van der Waals surface area (Å²) in [4.78, 5) is 18.2. The quantitative estimate of drug-likeness (QED) is 0.889. The molecule has 118 valence electrons. The van der Waals surface area contributed by atoms with Crippen molar-refractivity contribution in [1.82, 2.24) is 19.7 Å². The summed E-state index contributed by atoms with van der Waals surface area (Å²) in [6, 6.07) is 0. The third kappa shape index (κ3) is 4.12. The Kier molecular flexibility index (Phi) is 4.81. The van der Waals surface area contributed by atoms with Crippen LogP contribution in [0.2, 0.25) is 0 Å². The summed E-state index contributed by atoms with van der Waals surface area (Å²) in [7, 11) is 0. The zero-order valence-electron chi connectivity index (χ0n) is 12.4. The number of thiazole rings is 1. The van der Waals surface area contributed by atoms with E-state index in [1.807, 2.05) is 29.4 Å². The number of carbonyl (C=O) groups excluding carboxylic acids is 1. The fraction of sp³-hybridized carbons (Fsp3) is 0.500. The predicted octanol–water partition coefficient (Wildman–Crippen LogP) is 0.988. The number of nitrogens with one attached hydrogen (secondary N) is 1. The Hall–Kier alpha value is -1.77. The van der Waals surface area contributed by atoms with E-state index in [1.165, 1.54) is 11.3 Å². The summed E-state index contributed by atoms with van der Waals surface area (Å²) in [5.41, 5.74) is 1.13. The van der Waals surface area contributed by atoms with Crippen molar-refractivity contribution < 1.29 is 9.53 Å². The van der Waals surface area contributed by atoms with Crippen LogP contribution in [0.25, 0.3) is 0 Å². The molecule has 3 rings (SSSR count). The maximum Gasteiger partial charge on any atom is 0.240 e. The van der Waals surface area contributed by atoms with Crippen molar-refractivity contribution in [2.24, 2.45) is 0 Å². The van der Waals surface area contributed by atoms with Gasteiger partial charge in [0.2, 0.25) is 5.91 Å². The molecule has 1 aliphatic rings. The van der Waals surface area contributed by atoms with Gasteiger partial charge < -0.3 is 10.1 Å². The number of ether oxygens (including phenoxy) is 1. The summed E-state index contributed by atoms with van der Waals surface area (Å²) in [6.45, 7) is 5.20. The number of rotatable bonds is 5. The molecule has 0 unspecified atom stereocenters. The number of hydrogen-bond acceptors (Lipinski definition) is 6. The van der Waals surface area contributed by atoms with Gasteiger partial charge in [0.05, 0.1) is 32.0 Å². The molecule has 1 N–H and O–H groups in total. The number of hydrogen-bond donors (Lipinski definition) is 1. The summed E-state index contributed by atoms with van der Waals surface area (Å²) in [6.07, 6.45) is 5.57. The second-order valence-electron chi connectivity index (χ2n) is 5.35. The standard InChI is InChI=1S/C14H19N5O2S/c1-11-6-16-19(7-11)9-12-8-18(3-4-21-12)10-13(20)17-14-15-2-5-22-14/h2,5-7,12H,3-4,8-10H2,1H3,(H,15,17,20)/t12-/m1/s1. The Labute approximate surface area is 132 Å². The van der Waals surface area contributed by atoms with Crippen molar-refractivity contribution in [2.75, 3.05) is 31.6 Å². The maximum atomic E-state index is 12.0. The SMILES string of the molecule is Cc1cnn(C[C@H]2CN(CC(=O)Nc3nccs3)CCO2)c1. The normalized spacial score (nSPS) is 19.2. The van der Waals surface area contributed by atoms with Crippen molar-refractivity contribution in [1.29, 1.82) is 0 Å². The predicted molar refractivity (Wildman–Crippen MR) is 83.9 cm³/mol. The van der Waals surface area contributed by atoms with Crippen LogP contribution in [-0.4, -0.2) is 57.9 Å². The molecule has 1 atom stereocenters. The average molecular weight is 321 g/mol. The summed E-state index contributed by atoms with van der Waals surface area (Å²) in [5.74, 6) is -0.0365. The molecule has 0 saturated carbocycles. The monoisotopic (exact) mass is 321 g/mol. The molecule has 8 heteroatoms. The van der Waals surface area contributed by atoms with Crippen molar-refractivity contribution in [3.8, 4) is 0 Å². The molecule has 22 heavy (non-hydrogen) atoms. The third-order valence-corrected chi connectivity index (χ3v) is 4.11. The molecule has 0 aliphatic carbocycles. The molecule has 7 nitrogen and oxygen atoms in total. The Morgan fingerprint density at radius 1 is 1.59 bits per heavy atom. The lowest BCUT2D eigenvalue weighted by molar-refractivity contribution is -0.119. The van der Waals surface area contributed by atoms with Crippen molar-refractivity contribution >= 4 is 22.4 Å². The van der Waals surface area contributed by atoms with Gasteiger partial charge in [-0.25, -0.2) is 4.98 Å². The third-order valence-electron chi connectivity index (χ3n) is 3.42. The average Bonchev–Trinajstić information content (AvgIpc) is 3.11. The van der Waals surface area contributed by atoms with E-state index < -0.39 is 0 Å². The first-order valence-corrected chi connectivity index (χ1v) is 8.09. The Bertz CT molecular complexity index is 613. The number of morpholine rings is 1. The van der Waals surface area contributed by atoms with Crippen LogP contribution in [0.3, 0.4) is 0 Å². The van der Waals surface area contributed by atoms with Crippen LogP contribution in [0.15, 0.2) is 24.0 Å². The lowest BCUT2D eigenvalue weighted by atomic mass is 10.2. The van der Waals surface area contributed by atoms with Gasteiger partial charge in [-0.05, 0) is 12.5 Å². The molecule has 1 amide bonds. The molecule has 1 saturated heterocycles. The fourth-order valence-electron chi connectivity index (χ4n) is 2.46. The highest BCUT2D eigenvalue weighted by Gasteiger charge is 2.23. The van der Waals surface area contributed by atoms with Crippen LogP contribution in [0.5, 0.6) is 0 Å². The minimum atomic E-state index is -0.0365. The molecule has 0 spiro atoms. The van der Waals surface area contributed by atoms with Gasteiger partial charge in [-0.2, -0.15) is 5.10 Å². The fourth-order valence-corrected chi connectivity index (χ4v) is 3.00. The molecular formula is C14H19N5O2S. The van der Waals surface area contributed by atoms with Crippen LogP contribution in [-0.2, 0) is 16.1 Å². The highest BCUT2D eigenvalue weighted by atomic mass is 32.1. The number of aryl methyl sites for hydroxylation is 1. The van der Waals surface area contributed by atoms with Gasteiger partial charge >= 0.3 is 0 Å². The number of anilines is 1. The smallest absolute Gasteiger partial charge is 0.240 e. The van der Waals surface area contributed by atoms with Crippen LogP contribution >= 0.6 is 11.3 Å². The number of aromatic nitrogens is 3. The van der Waals surface area contributed by atoms with Gasteiger partial charge in [-0.1, -0.05) is 0 Å². The van der Waals surface area contributed by atoms with Gasteiger partial charge in [-0.15, -0.1) is 11.3 Å². The largest absolute Gasteiger partial charge is 0.374 e. The topological polar surface area (TPSA) is 72.3 Å². The van der Waals surface area contributed by atoms with Gasteiger partial charge in [0.1, 0.15) is 0 Å². The highest BCUT2D eigenvalue weighted by molar-refractivity contribution is 7.13. The van der Waals surface area contributed by atoms with E-state index in [2.05, 4.69) is 20.3 Å². The molecule has 2 aromatic rings. The zero-order chi connectivity index (χ0) is 15.4. The van der Waals surface area contributed by atoms with E-state index in [-0.39, 0.29) is 12.0 Å². The zero-order valence-corrected chi connectivity index (χ0v) is 13.3. The van der Waals surface area contributed by atoms with Gasteiger partial charge in [0.25, 0.3) is 0 Å². The first-order chi connectivity index (χ1) is 10.7. The first kappa shape index (κ1) is 15.1. The number of amides is 1. The molecule has 0 bridgehead atoms. The van der Waals surface area contributed by atoms with E-state index in [4.69, 9.17) is 4.74 Å². The summed E-state index contributed by atoms with van der Waals surface area (Å²) < 4.78 is 7.65. The van der Waals surface area contributed by atoms with Gasteiger partial charge in [-0.3, -0.25) is 14.4 Å². The minimum absolute atomic E-state index is 0.0365. The van der Waals surface area contributed by atoms with Crippen molar-refractivity contribution in [3.05, 3.63) is 29.5 Å². The van der Waals surface area contributed by atoms with Gasteiger partial charge in [0.15, 0.2) is 5.13 Å². The second kappa shape index (κ2) is 6.99. The molecular weight excluding hydrogens is 302 g/mol. The number of nitrogens with zero attached hydrogens (tertiary/aromatic N) is 4. The summed E-state index contributed by atoms with van der Waals surface area (Å²) >= 11 is 1.42. The summed E-state index contributed by atoms with van der Waals surface area (Å²) in [5, 5.41) is 9.56. The van der Waals surface area contributed by atoms with E-state index in [9.17, 15) is 4.79 Å². The molecule has 1 aliphatic heterocycles. The van der Waals surface area contributed by atoms with Crippen LogP contribution in [0.4, 0.5) is 5.13 Å². The van der Waals surface area contributed by atoms with E-state index >= 15 is 0 Å².